The van der Waals surface area contributed by atoms with Gasteiger partial charge >= 0.3 is 0 Å². The number of ketones is 1. The summed E-state index contributed by atoms with van der Waals surface area (Å²) in [6.45, 7) is 4.09. The third-order valence-electron chi connectivity index (χ3n) is 2.89. The largest absolute Gasteiger partial charge is 0.299 e. The number of carbonyl (C=O) groups is 1. The van der Waals surface area contributed by atoms with Crippen LogP contribution in [0, 0.1) is 13.8 Å². The standard InChI is InChI=1S/C15H15ClOS/c1-10-3-4-11(2)12(7-10)8-13(17)9-14-5-6-15(16)18-14/h3-7H,8-9H2,1-2H3. The number of aryl methyl sites for hydroxylation is 2. The van der Waals surface area contributed by atoms with Gasteiger partial charge in [0.25, 0.3) is 0 Å². The minimum atomic E-state index is 0.238. The Balaban J connectivity index is 2.05. The van der Waals surface area contributed by atoms with Crippen molar-refractivity contribution in [3.63, 3.8) is 0 Å². The van der Waals surface area contributed by atoms with Gasteiger partial charge in [0, 0.05) is 17.7 Å². The van der Waals surface area contributed by atoms with Crippen molar-refractivity contribution in [3.8, 4) is 0 Å². The molecule has 0 aliphatic carbocycles. The Morgan fingerprint density at radius 3 is 2.61 bits per heavy atom. The summed E-state index contributed by atoms with van der Waals surface area (Å²) in [4.78, 5) is 13.1. The predicted octanol–water partition coefficient (Wildman–Crippen LogP) is 4.37. The summed E-state index contributed by atoms with van der Waals surface area (Å²) in [6.07, 6.45) is 0.980. The fraction of sp³-hybridized carbons (Fsp3) is 0.267. The van der Waals surface area contributed by atoms with E-state index in [1.54, 1.807) is 0 Å². The topological polar surface area (TPSA) is 17.1 Å². The van der Waals surface area contributed by atoms with Gasteiger partial charge in [0.15, 0.2) is 0 Å². The monoisotopic (exact) mass is 278 g/mol. The SMILES string of the molecule is Cc1ccc(C)c(CC(=O)Cc2ccc(Cl)s2)c1. The number of thiophene rings is 1. The van der Waals surface area contributed by atoms with Crippen molar-refractivity contribution in [1.29, 1.82) is 0 Å². The van der Waals surface area contributed by atoms with Gasteiger partial charge in [0.2, 0.25) is 0 Å². The van der Waals surface area contributed by atoms with E-state index in [2.05, 4.69) is 18.2 Å². The number of Topliss-reactive ketones (excluding diaryl/α,β-unsaturated/α-hetero) is 1. The smallest absolute Gasteiger partial charge is 0.142 e. The predicted molar refractivity (Wildman–Crippen MR) is 77.7 cm³/mol. The zero-order chi connectivity index (χ0) is 13.1. The molecular weight excluding hydrogens is 264 g/mol. The Morgan fingerprint density at radius 2 is 1.94 bits per heavy atom. The van der Waals surface area contributed by atoms with Crippen molar-refractivity contribution in [2.75, 3.05) is 0 Å². The lowest BCUT2D eigenvalue weighted by atomic mass is 9.99. The Labute approximate surface area is 116 Å². The molecule has 0 N–H and O–H groups in total. The highest BCUT2D eigenvalue weighted by Crippen LogP contribution is 2.22. The Bertz CT molecular complexity index is 572. The number of rotatable bonds is 4. The number of benzene rings is 1. The molecule has 1 nitrogen and oxygen atoms in total. The molecule has 0 aliphatic heterocycles. The Hall–Kier alpha value is -1.12. The van der Waals surface area contributed by atoms with Gasteiger partial charge in [-0.15, -0.1) is 11.3 Å². The van der Waals surface area contributed by atoms with Crippen LogP contribution in [0.25, 0.3) is 0 Å². The molecule has 3 heteroatoms. The fourth-order valence-corrected chi connectivity index (χ4v) is 3.02. The first-order chi connectivity index (χ1) is 8.54. The number of halogens is 1. The fourth-order valence-electron chi connectivity index (χ4n) is 1.91. The van der Waals surface area contributed by atoms with Gasteiger partial charge in [-0.25, -0.2) is 0 Å². The van der Waals surface area contributed by atoms with Crippen LogP contribution in [0.15, 0.2) is 30.3 Å². The van der Waals surface area contributed by atoms with Crippen LogP contribution in [0.3, 0.4) is 0 Å². The molecule has 0 fully saturated rings. The lowest BCUT2D eigenvalue weighted by Crippen LogP contribution is -2.06. The normalized spacial score (nSPS) is 10.6. The molecule has 0 radical (unpaired) electrons. The van der Waals surface area contributed by atoms with E-state index in [1.807, 2.05) is 26.0 Å². The second-order valence-electron chi connectivity index (χ2n) is 4.53. The highest BCUT2D eigenvalue weighted by Gasteiger charge is 2.09. The van der Waals surface area contributed by atoms with Gasteiger partial charge < -0.3 is 0 Å². The lowest BCUT2D eigenvalue weighted by molar-refractivity contribution is -0.117. The summed E-state index contributed by atoms with van der Waals surface area (Å²) in [7, 11) is 0. The molecule has 0 spiro atoms. The summed E-state index contributed by atoms with van der Waals surface area (Å²) < 4.78 is 0.740. The van der Waals surface area contributed by atoms with Crippen LogP contribution in [0.4, 0.5) is 0 Å². The molecule has 94 valence electrons. The van der Waals surface area contributed by atoms with Crippen molar-refractivity contribution >= 4 is 28.7 Å². The van der Waals surface area contributed by atoms with E-state index in [-0.39, 0.29) is 5.78 Å². The Kier molecular flexibility index (Phi) is 4.20. The minimum absolute atomic E-state index is 0.238. The van der Waals surface area contributed by atoms with Crippen LogP contribution < -0.4 is 0 Å². The van der Waals surface area contributed by atoms with Crippen LogP contribution >= 0.6 is 22.9 Å². The van der Waals surface area contributed by atoms with Crippen molar-refractivity contribution < 1.29 is 4.79 Å². The van der Waals surface area contributed by atoms with E-state index >= 15 is 0 Å². The van der Waals surface area contributed by atoms with Gasteiger partial charge in [0.1, 0.15) is 5.78 Å². The first kappa shape index (κ1) is 13.3. The quantitative estimate of drug-likeness (QED) is 0.811. The maximum atomic E-state index is 12.0. The molecule has 1 heterocycles. The van der Waals surface area contributed by atoms with Crippen molar-refractivity contribution in [2.45, 2.75) is 26.7 Å². The maximum absolute atomic E-state index is 12.0. The van der Waals surface area contributed by atoms with Crippen molar-refractivity contribution in [1.82, 2.24) is 0 Å². The molecule has 2 rings (SSSR count). The zero-order valence-corrected chi connectivity index (χ0v) is 12.1. The average molecular weight is 279 g/mol. The summed E-state index contributed by atoms with van der Waals surface area (Å²) >= 11 is 7.34. The van der Waals surface area contributed by atoms with Gasteiger partial charge in [-0.05, 0) is 37.1 Å². The molecule has 0 aliphatic rings. The van der Waals surface area contributed by atoms with Gasteiger partial charge in [-0.1, -0.05) is 35.4 Å². The Morgan fingerprint density at radius 1 is 1.17 bits per heavy atom. The molecule has 0 unspecified atom stereocenters. The summed E-state index contributed by atoms with van der Waals surface area (Å²) in [6, 6.07) is 10.00. The average Bonchev–Trinajstić information content (AvgIpc) is 2.69. The number of carbonyl (C=O) groups excluding carboxylic acids is 1. The van der Waals surface area contributed by atoms with E-state index in [9.17, 15) is 4.79 Å². The molecule has 0 bridgehead atoms. The third-order valence-corrected chi connectivity index (χ3v) is 4.12. The second kappa shape index (κ2) is 5.68. The van der Waals surface area contributed by atoms with Crippen molar-refractivity contribution in [2.24, 2.45) is 0 Å². The van der Waals surface area contributed by atoms with Crippen LogP contribution in [0.1, 0.15) is 21.6 Å². The van der Waals surface area contributed by atoms with E-state index in [0.29, 0.717) is 12.8 Å². The molecular formula is C15H15ClOS. The molecule has 0 saturated heterocycles. The molecule has 1 aromatic carbocycles. The number of hydrogen-bond donors (Lipinski definition) is 0. The molecule has 0 atom stereocenters. The molecule has 0 amide bonds. The first-order valence-corrected chi connectivity index (χ1v) is 7.06. The van der Waals surface area contributed by atoms with Crippen LogP contribution in [-0.4, -0.2) is 5.78 Å². The lowest BCUT2D eigenvalue weighted by Gasteiger charge is -2.06. The van der Waals surface area contributed by atoms with Gasteiger partial charge in [-0.3, -0.25) is 4.79 Å². The minimum Gasteiger partial charge on any atom is -0.299 e. The van der Waals surface area contributed by atoms with Gasteiger partial charge in [-0.2, -0.15) is 0 Å². The molecule has 0 saturated carbocycles. The highest BCUT2D eigenvalue weighted by molar-refractivity contribution is 7.16. The first-order valence-electron chi connectivity index (χ1n) is 5.86. The molecule has 1 aromatic heterocycles. The number of hydrogen-bond acceptors (Lipinski definition) is 2. The molecule has 18 heavy (non-hydrogen) atoms. The van der Waals surface area contributed by atoms with Crippen LogP contribution in [0.2, 0.25) is 4.34 Å². The van der Waals surface area contributed by atoms with Crippen molar-refractivity contribution in [3.05, 3.63) is 56.2 Å². The third kappa shape index (κ3) is 3.44. The maximum Gasteiger partial charge on any atom is 0.142 e. The molecule has 2 aromatic rings. The van der Waals surface area contributed by atoms with E-state index in [1.165, 1.54) is 22.5 Å². The second-order valence-corrected chi connectivity index (χ2v) is 6.33. The summed E-state index contributed by atoms with van der Waals surface area (Å²) in [5.74, 6) is 0.238. The van der Waals surface area contributed by atoms with Crippen LogP contribution in [0.5, 0.6) is 0 Å². The zero-order valence-electron chi connectivity index (χ0n) is 10.5. The summed E-state index contributed by atoms with van der Waals surface area (Å²) in [5.41, 5.74) is 3.50. The van der Waals surface area contributed by atoms with E-state index < -0.39 is 0 Å². The van der Waals surface area contributed by atoms with Crippen LogP contribution in [-0.2, 0) is 17.6 Å². The highest BCUT2D eigenvalue weighted by atomic mass is 35.5. The van der Waals surface area contributed by atoms with E-state index in [4.69, 9.17) is 11.6 Å². The van der Waals surface area contributed by atoms with Gasteiger partial charge in [0.05, 0.1) is 4.34 Å². The van der Waals surface area contributed by atoms with E-state index in [0.717, 1.165) is 14.8 Å². The summed E-state index contributed by atoms with van der Waals surface area (Å²) in [5, 5.41) is 0.